The molecular weight excluding hydrogens is 518 g/mol. The van der Waals surface area contributed by atoms with Gasteiger partial charge in [0.25, 0.3) is 0 Å². The van der Waals surface area contributed by atoms with Gasteiger partial charge in [-0.25, -0.2) is 19.6 Å². The molecule has 0 saturated heterocycles. The standard InChI is InChI=1S/C29H29N11O/c1-37-18-23(15-35-37)22-4-2-21(3-5-22)14-30-28-13-26(32-20-33-28)27-17-31-29-12-25(6-7-39(27)29)41-11-10-38-8-9-40-24(19-38)16-34-36-40/h2-7,12-13,15-18,20H,8-11,14,19H2,1H3,(H,30,32,33). The van der Waals surface area contributed by atoms with E-state index in [1.54, 1.807) is 11.0 Å². The van der Waals surface area contributed by atoms with Crippen molar-refractivity contribution in [2.24, 2.45) is 7.05 Å². The van der Waals surface area contributed by atoms with Crippen molar-refractivity contribution in [2.75, 3.05) is 25.0 Å². The molecule has 1 N–H and O–H groups in total. The van der Waals surface area contributed by atoms with Crippen LogP contribution in [0.1, 0.15) is 11.3 Å². The van der Waals surface area contributed by atoms with Crippen molar-refractivity contribution in [1.29, 1.82) is 0 Å². The molecule has 12 heteroatoms. The van der Waals surface area contributed by atoms with Crippen molar-refractivity contribution in [3.8, 4) is 28.3 Å². The molecule has 6 aromatic rings. The van der Waals surface area contributed by atoms with Gasteiger partial charge in [0.2, 0.25) is 0 Å². The van der Waals surface area contributed by atoms with Crippen LogP contribution in [0.5, 0.6) is 5.75 Å². The smallest absolute Gasteiger partial charge is 0.140 e. The van der Waals surface area contributed by atoms with Gasteiger partial charge in [-0.1, -0.05) is 29.5 Å². The van der Waals surface area contributed by atoms with Crippen LogP contribution in [0.15, 0.2) is 79.8 Å². The first-order valence-corrected chi connectivity index (χ1v) is 13.5. The van der Waals surface area contributed by atoms with Gasteiger partial charge < -0.3 is 10.1 Å². The minimum absolute atomic E-state index is 0.596. The largest absolute Gasteiger partial charge is 0.492 e. The summed E-state index contributed by atoms with van der Waals surface area (Å²) in [4.78, 5) is 15.9. The van der Waals surface area contributed by atoms with Crippen LogP contribution in [0.2, 0.25) is 0 Å². The summed E-state index contributed by atoms with van der Waals surface area (Å²) in [5.41, 5.74) is 7.01. The van der Waals surface area contributed by atoms with Crippen molar-refractivity contribution in [3.05, 3.63) is 91.0 Å². The normalized spacial score (nSPS) is 13.4. The van der Waals surface area contributed by atoms with E-state index in [0.29, 0.717) is 13.2 Å². The first-order valence-electron chi connectivity index (χ1n) is 13.5. The Bertz CT molecular complexity index is 1790. The zero-order valence-electron chi connectivity index (χ0n) is 22.6. The van der Waals surface area contributed by atoms with E-state index in [1.165, 1.54) is 0 Å². The third kappa shape index (κ3) is 5.37. The molecule has 1 aliphatic heterocycles. The Morgan fingerprint density at radius 2 is 1.88 bits per heavy atom. The average Bonchev–Trinajstić information content (AvgIpc) is 3.76. The number of ether oxygens (including phenoxy) is 1. The van der Waals surface area contributed by atoms with E-state index in [1.807, 2.05) is 65.3 Å². The van der Waals surface area contributed by atoms with E-state index in [2.05, 4.69) is 64.8 Å². The second kappa shape index (κ2) is 10.8. The lowest BCUT2D eigenvalue weighted by atomic mass is 10.1. The van der Waals surface area contributed by atoms with E-state index < -0.39 is 0 Å². The lowest BCUT2D eigenvalue weighted by Crippen LogP contribution is -2.36. The Morgan fingerprint density at radius 3 is 2.76 bits per heavy atom. The number of nitrogens with one attached hydrogen (secondary N) is 1. The van der Waals surface area contributed by atoms with Gasteiger partial charge in [0, 0.05) is 63.3 Å². The van der Waals surface area contributed by atoms with Crippen LogP contribution < -0.4 is 10.1 Å². The molecule has 0 unspecified atom stereocenters. The van der Waals surface area contributed by atoms with Crippen LogP contribution in [0.3, 0.4) is 0 Å². The molecule has 0 aliphatic carbocycles. The molecule has 12 nitrogen and oxygen atoms in total. The lowest BCUT2D eigenvalue weighted by Gasteiger charge is -2.26. The zero-order valence-corrected chi connectivity index (χ0v) is 22.6. The van der Waals surface area contributed by atoms with Gasteiger partial charge >= 0.3 is 0 Å². The van der Waals surface area contributed by atoms with Gasteiger partial charge in [-0.05, 0) is 17.2 Å². The van der Waals surface area contributed by atoms with E-state index >= 15 is 0 Å². The summed E-state index contributed by atoms with van der Waals surface area (Å²) in [6.07, 6.45) is 11.1. The molecule has 0 fully saturated rings. The van der Waals surface area contributed by atoms with Gasteiger partial charge in [0.1, 0.15) is 30.1 Å². The highest BCUT2D eigenvalue weighted by molar-refractivity contribution is 5.64. The summed E-state index contributed by atoms with van der Waals surface area (Å²) in [5, 5.41) is 15.7. The highest BCUT2D eigenvalue weighted by atomic mass is 16.5. The van der Waals surface area contributed by atoms with Gasteiger partial charge in [-0.15, -0.1) is 5.10 Å². The summed E-state index contributed by atoms with van der Waals surface area (Å²) in [6.45, 7) is 4.72. The first-order chi connectivity index (χ1) is 20.2. The molecule has 1 aliphatic rings. The van der Waals surface area contributed by atoms with Crippen molar-refractivity contribution in [3.63, 3.8) is 0 Å². The monoisotopic (exact) mass is 547 g/mol. The number of hydrogen-bond acceptors (Lipinski definition) is 9. The number of aromatic nitrogens is 9. The number of pyridine rings is 1. The Balaban J connectivity index is 0.973. The maximum absolute atomic E-state index is 6.06. The Morgan fingerprint density at radius 1 is 0.951 bits per heavy atom. The second-order valence-electron chi connectivity index (χ2n) is 10.0. The Kier molecular flexibility index (Phi) is 6.57. The predicted octanol–water partition coefficient (Wildman–Crippen LogP) is 3.29. The van der Waals surface area contributed by atoms with Crippen LogP contribution in [0, 0.1) is 0 Å². The number of anilines is 1. The zero-order chi connectivity index (χ0) is 27.6. The lowest BCUT2D eigenvalue weighted by molar-refractivity contribution is 0.172. The number of nitrogens with zero attached hydrogens (tertiary/aromatic N) is 10. The van der Waals surface area contributed by atoms with Gasteiger partial charge in [0.05, 0.1) is 42.2 Å². The molecule has 0 amide bonds. The fraction of sp³-hybridized carbons (Fsp3) is 0.241. The van der Waals surface area contributed by atoms with Gasteiger partial charge in [0.15, 0.2) is 0 Å². The van der Waals surface area contributed by atoms with Crippen molar-refractivity contribution in [2.45, 2.75) is 19.6 Å². The Labute approximate surface area is 236 Å². The molecule has 41 heavy (non-hydrogen) atoms. The quantitative estimate of drug-likeness (QED) is 0.291. The van der Waals surface area contributed by atoms with Crippen LogP contribution in [0.4, 0.5) is 5.82 Å². The molecule has 0 bridgehead atoms. The number of benzene rings is 1. The third-order valence-corrected chi connectivity index (χ3v) is 7.27. The summed E-state index contributed by atoms with van der Waals surface area (Å²) in [5.74, 6) is 1.54. The fourth-order valence-corrected chi connectivity index (χ4v) is 5.03. The van der Waals surface area contributed by atoms with Crippen LogP contribution in [0.25, 0.3) is 28.2 Å². The highest BCUT2D eigenvalue weighted by Gasteiger charge is 2.17. The number of fused-ring (bicyclic) bond motifs is 2. The Hall–Kier alpha value is -5.10. The minimum Gasteiger partial charge on any atom is -0.492 e. The first kappa shape index (κ1) is 24.9. The van der Waals surface area contributed by atoms with Crippen LogP contribution >= 0.6 is 0 Å². The van der Waals surface area contributed by atoms with Crippen molar-refractivity contribution >= 4 is 11.5 Å². The minimum atomic E-state index is 0.596. The molecule has 0 radical (unpaired) electrons. The summed E-state index contributed by atoms with van der Waals surface area (Å²) in [6, 6.07) is 14.3. The molecule has 206 valence electrons. The topological polar surface area (TPSA) is 116 Å². The van der Waals surface area contributed by atoms with Gasteiger partial charge in [-0.2, -0.15) is 5.10 Å². The molecule has 6 heterocycles. The predicted molar refractivity (Wildman–Crippen MR) is 153 cm³/mol. The van der Waals surface area contributed by atoms with Crippen molar-refractivity contribution < 1.29 is 4.74 Å². The number of imidazole rings is 1. The highest BCUT2D eigenvalue weighted by Crippen LogP contribution is 2.24. The fourth-order valence-electron chi connectivity index (χ4n) is 5.03. The van der Waals surface area contributed by atoms with E-state index in [0.717, 1.165) is 77.2 Å². The molecular formula is C29H29N11O. The maximum Gasteiger partial charge on any atom is 0.140 e. The maximum atomic E-state index is 6.06. The van der Waals surface area contributed by atoms with Crippen LogP contribution in [-0.4, -0.2) is 68.7 Å². The SMILES string of the molecule is Cn1cc(-c2ccc(CNc3cc(-c4cnc5cc(OCCN6CCn7nncc7C6)ccn45)ncn3)cc2)cn1. The molecule has 5 aromatic heterocycles. The number of rotatable bonds is 9. The molecule has 0 saturated carbocycles. The van der Waals surface area contributed by atoms with E-state index in [-0.39, 0.29) is 0 Å². The molecule has 1 aromatic carbocycles. The van der Waals surface area contributed by atoms with Crippen LogP contribution in [-0.2, 0) is 26.7 Å². The second-order valence-corrected chi connectivity index (χ2v) is 10.0. The summed E-state index contributed by atoms with van der Waals surface area (Å²) < 4.78 is 11.8. The van der Waals surface area contributed by atoms with E-state index in [4.69, 9.17) is 4.74 Å². The van der Waals surface area contributed by atoms with E-state index in [9.17, 15) is 0 Å². The number of aryl methyl sites for hydroxylation is 1. The molecule has 0 atom stereocenters. The van der Waals surface area contributed by atoms with Crippen molar-refractivity contribution in [1.82, 2.24) is 49.0 Å². The average molecular weight is 548 g/mol. The number of hydrogen-bond donors (Lipinski definition) is 1. The molecule has 7 rings (SSSR count). The summed E-state index contributed by atoms with van der Waals surface area (Å²) in [7, 11) is 1.92. The summed E-state index contributed by atoms with van der Waals surface area (Å²) >= 11 is 0. The molecule has 0 spiro atoms. The van der Waals surface area contributed by atoms with Gasteiger partial charge in [-0.3, -0.25) is 14.0 Å². The third-order valence-electron chi connectivity index (χ3n) is 7.27.